The highest BCUT2D eigenvalue weighted by atomic mass is 16.7. The summed E-state index contributed by atoms with van der Waals surface area (Å²) < 4.78 is 51.5. The molecule has 0 aromatic rings. The van der Waals surface area contributed by atoms with Crippen molar-refractivity contribution in [3.63, 3.8) is 0 Å². The summed E-state index contributed by atoms with van der Waals surface area (Å²) in [5, 5.41) is 135. The monoisotopic (exact) mass is 1080 g/mol. The van der Waals surface area contributed by atoms with Gasteiger partial charge in [-0.05, 0) is 32.1 Å². The fourth-order valence-corrected chi connectivity index (χ4v) is 9.13. The lowest BCUT2D eigenvalue weighted by Crippen LogP contribution is -2.59. The van der Waals surface area contributed by atoms with Crippen molar-refractivity contribution in [2.45, 2.75) is 265 Å². The lowest BCUT2D eigenvalue weighted by Gasteiger charge is -2.41. The molecule has 21 unspecified atom stereocenters. The SMILES string of the molecule is CCCCCC(CC(CC(=O)OC)OC1OC(CO)C(O)C(O)C1O)OC(=O)CC(CC(CCCCC)OC(=O)CC(O)CC(CCCCC)OC1OC(CO)C(O)C(O)C1O)OC1OC(CO)C(O)C(O)C1O. The van der Waals surface area contributed by atoms with Gasteiger partial charge in [0.05, 0.1) is 70.6 Å². The van der Waals surface area contributed by atoms with Gasteiger partial charge < -0.3 is 109 Å². The van der Waals surface area contributed by atoms with Crippen LogP contribution in [-0.2, 0) is 57.0 Å². The summed E-state index contributed by atoms with van der Waals surface area (Å²) in [6.45, 7) is 3.65. The fraction of sp³-hybridized carbons (Fsp3) is 0.939. The fourth-order valence-electron chi connectivity index (χ4n) is 9.13. The largest absolute Gasteiger partial charge is 0.469 e. The average molecular weight is 1080 g/mol. The van der Waals surface area contributed by atoms with Crippen LogP contribution in [0.3, 0.4) is 0 Å². The molecule has 3 rings (SSSR count). The molecule has 3 aliphatic heterocycles. The van der Waals surface area contributed by atoms with Gasteiger partial charge in [-0.15, -0.1) is 0 Å². The van der Waals surface area contributed by atoms with E-state index in [0.29, 0.717) is 38.5 Å². The molecule has 3 aliphatic rings. The topological polar surface area (TPSA) is 397 Å². The van der Waals surface area contributed by atoms with Crippen LogP contribution < -0.4 is 0 Å². The van der Waals surface area contributed by atoms with Crippen molar-refractivity contribution in [3.05, 3.63) is 0 Å². The van der Waals surface area contributed by atoms with Gasteiger partial charge in [0.2, 0.25) is 0 Å². The van der Waals surface area contributed by atoms with Crippen LogP contribution in [0.15, 0.2) is 0 Å². The van der Waals surface area contributed by atoms with Gasteiger partial charge in [-0.2, -0.15) is 0 Å². The normalized spacial score (nSPS) is 33.0. The van der Waals surface area contributed by atoms with Crippen LogP contribution in [0.5, 0.6) is 0 Å². The Morgan fingerprint density at radius 3 is 1.08 bits per heavy atom. The van der Waals surface area contributed by atoms with Crippen LogP contribution in [0.4, 0.5) is 0 Å². The smallest absolute Gasteiger partial charge is 0.308 e. The summed E-state index contributed by atoms with van der Waals surface area (Å²) in [5.41, 5.74) is 0. The van der Waals surface area contributed by atoms with Gasteiger partial charge in [-0.3, -0.25) is 14.4 Å². The van der Waals surface area contributed by atoms with E-state index in [9.17, 15) is 80.8 Å². The highest BCUT2D eigenvalue weighted by Crippen LogP contribution is 2.30. The quantitative estimate of drug-likeness (QED) is 0.0185. The third-order valence-corrected chi connectivity index (χ3v) is 13.5. The minimum absolute atomic E-state index is 0.156. The Kier molecular flexibility index (Phi) is 30.8. The van der Waals surface area contributed by atoms with Crippen molar-refractivity contribution in [1.29, 1.82) is 0 Å². The second-order valence-electron chi connectivity index (χ2n) is 19.6. The third-order valence-electron chi connectivity index (χ3n) is 13.5. The maximum Gasteiger partial charge on any atom is 0.308 e. The second-order valence-corrected chi connectivity index (χ2v) is 19.6. The first-order valence-electron chi connectivity index (χ1n) is 26.3. The summed E-state index contributed by atoms with van der Waals surface area (Å²) in [6, 6.07) is 0. The van der Waals surface area contributed by atoms with Crippen LogP contribution in [0.2, 0.25) is 0 Å². The molecule has 13 N–H and O–H groups in total. The molecule has 74 heavy (non-hydrogen) atoms. The van der Waals surface area contributed by atoms with Crippen molar-refractivity contribution in [3.8, 4) is 0 Å². The Hall–Kier alpha value is -2.35. The zero-order chi connectivity index (χ0) is 55.1. The van der Waals surface area contributed by atoms with E-state index in [4.69, 9.17) is 42.6 Å². The van der Waals surface area contributed by atoms with Gasteiger partial charge in [0, 0.05) is 19.3 Å². The van der Waals surface area contributed by atoms with Gasteiger partial charge in [-0.1, -0.05) is 65.7 Å². The first-order chi connectivity index (χ1) is 35.2. The highest BCUT2D eigenvalue weighted by Gasteiger charge is 2.48. The molecule has 3 saturated heterocycles. The van der Waals surface area contributed by atoms with Crippen LogP contribution in [0.1, 0.15) is 136 Å². The summed E-state index contributed by atoms with van der Waals surface area (Å²) in [7, 11) is 1.13. The lowest BCUT2D eigenvalue weighted by atomic mass is 9.98. The predicted molar refractivity (Wildman–Crippen MR) is 254 cm³/mol. The summed E-state index contributed by atoms with van der Waals surface area (Å²) >= 11 is 0. The van der Waals surface area contributed by atoms with E-state index in [0.717, 1.165) is 32.8 Å². The Labute approximate surface area is 432 Å². The number of carbonyl (C=O) groups excluding carboxylic acids is 3. The van der Waals surface area contributed by atoms with E-state index in [1.807, 2.05) is 20.8 Å². The zero-order valence-corrected chi connectivity index (χ0v) is 43.2. The Morgan fingerprint density at radius 2 is 0.743 bits per heavy atom. The number of hydrogen-bond donors (Lipinski definition) is 13. The van der Waals surface area contributed by atoms with Crippen molar-refractivity contribution in [2.24, 2.45) is 0 Å². The Balaban J connectivity index is 1.88. The van der Waals surface area contributed by atoms with Crippen molar-refractivity contribution in [1.82, 2.24) is 0 Å². The molecule has 25 nitrogen and oxygen atoms in total. The predicted octanol–water partition coefficient (Wildman–Crippen LogP) is -2.02. The van der Waals surface area contributed by atoms with Crippen molar-refractivity contribution < 1.29 is 123 Å². The Morgan fingerprint density at radius 1 is 0.419 bits per heavy atom. The van der Waals surface area contributed by atoms with E-state index in [-0.39, 0.29) is 32.1 Å². The number of rotatable bonds is 35. The first kappa shape index (κ1) is 65.9. The number of hydrogen-bond acceptors (Lipinski definition) is 25. The first-order valence-corrected chi connectivity index (χ1v) is 26.3. The molecule has 21 atom stereocenters. The lowest BCUT2D eigenvalue weighted by molar-refractivity contribution is -0.313. The third kappa shape index (κ3) is 21.1. The van der Waals surface area contributed by atoms with Gasteiger partial charge in [0.1, 0.15) is 85.5 Å². The minimum atomic E-state index is -1.89. The van der Waals surface area contributed by atoms with E-state index in [1.165, 1.54) is 0 Å². The maximum atomic E-state index is 14.1. The molecule has 3 heterocycles. The summed E-state index contributed by atoms with van der Waals surface area (Å²) in [6.07, 6.45) is -26.5. The van der Waals surface area contributed by atoms with Crippen LogP contribution in [0, 0.1) is 0 Å². The number of aliphatic hydroxyl groups excluding tert-OH is 13. The maximum absolute atomic E-state index is 14.1. The standard InChI is InChI=1S/C49H88O25/c1-5-8-11-14-27(69-47-44(63)41(60)38(57)32(23-50)72-47)17-26(53)18-36(55)67-28(15-12-9-6-2)20-31(71-49-46(65)43(62)40(59)34(25-52)74-49)22-37(56)68-29(16-13-10-7-3)19-30(21-35(54)66-4)70-48-45(64)42(61)39(58)33(24-51)73-48/h26-34,38-53,57-65H,5-25H2,1-4H3. The van der Waals surface area contributed by atoms with Crippen LogP contribution >= 0.6 is 0 Å². The molecule has 0 radical (unpaired) electrons. The molecule has 0 aliphatic carbocycles. The van der Waals surface area contributed by atoms with Crippen molar-refractivity contribution in [2.75, 3.05) is 26.9 Å². The summed E-state index contributed by atoms with van der Waals surface area (Å²) in [5.74, 6) is -2.51. The van der Waals surface area contributed by atoms with Crippen LogP contribution in [-0.4, -0.2) is 240 Å². The van der Waals surface area contributed by atoms with Gasteiger partial charge in [0.25, 0.3) is 0 Å². The van der Waals surface area contributed by atoms with Crippen molar-refractivity contribution >= 4 is 17.9 Å². The molecular weight excluding hydrogens is 989 g/mol. The molecule has 3 fully saturated rings. The summed E-state index contributed by atoms with van der Waals surface area (Å²) in [4.78, 5) is 40.4. The van der Waals surface area contributed by atoms with Gasteiger partial charge in [0.15, 0.2) is 18.9 Å². The van der Waals surface area contributed by atoms with E-state index in [1.54, 1.807) is 0 Å². The number of aliphatic hydroxyl groups is 13. The van der Waals surface area contributed by atoms with E-state index in [2.05, 4.69) is 0 Å². The molecule has 434 valence electrons. The highest BCUT2D eigenvalue weighted by molar-refractivity contribution is 5.71. The molecule has 0 spiro atoms. The molecule has 0 aromatic carbocycles. The number of unbranched alkanes of at least 4 members (excludes halogenated alkanes) is 6. The molecule has 0 bridgehead atoms. The van der Waals surface area contributed by atoms with Crippen LogP contribution in [0.25, 0.3) is 0 Å². The van der Waals surface area contributed by atoms with Gasteiger partial charge >= 0.3 is 17.9 Å². The average Bonchev–Trinajstić information content (AvgIpc) is 3.36. The minimum Gasteiger partial charge on any atom is -0.469 e. The molecule has 0 amide bonds. The molecular formula is C49H88O25. The van der Waals surface area contributed by atoms with E-state index >= 15 is 0 Å². The zero-order valence-electron chi connectivity index (χ0n) is 43.2. The Bertz CT molecular complexity index is 1560. The molecule has 0 aromatic heterocycles. The number of carbonyl (C=O) groups is 3. The number of ether oxygens (including phenoxy) is 9. The number of esters is 3. The van der Waals surface area contributed by atoms with Gasteiger partial charge in [-0.25, -0.2) is 0 Å². The molecule has 25 heteroatoms. The number of methoxy groups -OCH3 is 1. The van der Waals surface area contributed by atoms with E-state index < -0.39 is 186 Å². The second kappa shape index (κ2) is 34.5. The molecule has 0 saturated carbocycles.